The molecule has 1 aromatic heterocycles. The van der Waals surface area contributed by atoms with Gasteiger partial charge in [-0.25, -0.2) is 0 Å². The summed E-state index contributed by atoms with van der Waals surface area (Å²) in [5, 5.41) is 4.15. The predicted octanol–water partition coefficient (Wildman–Crippen LogP) is 3.56. The van der Waals surface area contributed by atoms with Crippen LogP contribution in [0.15, 0.2) is 12.4 Å². The molecule has 1 heterocycles. The van der Waals surface area contributed by atoms with Gasteiger partial charge in [-0.1, -0.05) is 51.9 Å². The lowest BCUT2D eigenvalue weighted by atomic mass is 10.0. The molecule has 0 saturated heterocycles. The lowest BCUT2D eigenvalue weighted by Gasteiger charge is -2.08. The Morgan fingerprint density at radius 3 is 2.41 bits per heavy atom. The minimum Gasteiger partial charge on any atom is -0.324 e. The van der Waals surface area contributed by atoms with Crippen LogP contribution in [-0.2, 0) is 7.05 Å². The first-order valence-corrected chi connectivity index (χ1v) is 6.98. The predicted molar refractivity (Wildman–Crippen MR) is 72.7 cm³/mol. The van der Waals surface area contributed by atoms with Crippen LogP contribution in [0.25, 0.3) is 0 Å². The van der Waals surface area contributed by atoms with E-state index in [-0.39, 0.29) is 6.04 Å². The van der Waals surface area contributed by atoms with Crippen molar-refractivity contribution in [2.24, 2.45) is 12.8 Å². The molecule has 17 heavy (non-hydrogen) atoms. The summed E-state index contributed by atoms with van der Waals surface area (Å²) < 4.78 is 1.82. The topological polar surface area (TPSA) is 43.8 Å². The number of nitrogens with two attached hydrogens (primary N) is 1. The molecule has 1 atom stereocenters. The highest BCUT2D eigenvalue weighted by molar-refractivity contribution is 5.08. The lowest BCUT2D eigenvalue weighted by molar-refractivity contribution is 0.541. The second-order valence-electron chi connectivity index (χ2n) is 4.96. The standard InChI is InChI=1S/C14H27N3/c1-3-4-5-6-7-8-9-10-14(15)13-11-16-17(2)12-13/h11-12,14H,3-10,15H2,1-2H3. The molecule has 0 bridgehead atoms. The van der Waals surface area contributed by atoms with E-state index in [0.29, 0.717) is 0 Å². The minimum absolute atomic E-state index is 0.166. The van der Waals surface area contributed by atoms with Crippen LogP contribution < -0.4 is 5.73 Å². The second-order valence-corrected chi connectivity index (χ2v) is 4.96. The Morgan fingerprint density at radius 2 is 1.82 bits per heavy atom. The van der Waals surface area contributed by atoms with Gasteiger partial charge in [-0.2, -0.15) is 5.10 Å². The Labute approximate surface area is 105 Å². The first-order valence-electron chi connectivity index (χ1n) is 6.98. The smallest absolute Gasteiger partial charge is 0.0537 e. The van der Waals surface area contributed by atoms with E-state index < -0.39 is 0 Å². The maximum atomic E-state index is 6.12. The van der Waals surface area contributed by atoms with Crippen LogP contribution in [0.5, 0.6) is 0 Å². The zero-order valence-electron chi connectivity index (χ0n) is 11.4. The molecular formula is C14H27N3. The van der Waals surface area contributed by atoms with Crippen molar-refractivity contribution in [2.45, 2.75) is 64.3 Å². The Balaban J connectivity index is 2.03. The van der Waals surface area contributed by atoms with Gasteiger partial charge in [0, 0.05) is 24.8 Å². The van der Waals surface area contributed by atoms with Crippen molar-refractivity contribution >= 4 is 0 Å². The van der Waals surface area contributed by atoms with E-state index >= 15 is 0 Å². The lowest BCUT2D eigenvalue weighted by Crippen LogP contribution is -2.09. The van der Waals surface area contributed by atoms with Crippen LogP contribution in [0.2, 0.25) is 0 Å². The highest BCUT2D eigenvalue weighted by Gasteiger charge is 2.07. The average molecular weight is 237 g/mol. The molecular weight excluding hydrogens is 210 g/mol. The Morgan fingerprint density at radius 1 is 1.18 bits per heavy atom. The number of rotatable bonds is 9. The van der Waals surface area contributed by atoms with E-state index in [0.717, 1.165) is 6.42 Å². The van der Waals surface area contributed by atoms with Crippen molar-refractivity contribution in [3.05, 3.63) is 18.0 Å². The van der Waals surface area contributed by atoms with Gasteiger partial charge in [0.05, 0.1) is 6.20 Å². The van der Waals surface area contributed by atoms with Gasteiger partial charge in [0.25, 0.3) is 0 Å². The third-order valence-corrected chi connectivity index (χ3v) is 3.27. The van der Waals surface area contributed by atoms with Gasteiger partial charge in [-0.15, -0.1) is 0 Å². The number of unbranched alkanes of at least 4 members (excludes halogenated alkanes) is 6. The maximum absolute atomic E-state index is 6.12. The third kappa shape index (κ3) is 5.87. The Bertz CT molecular complexity index is 293. The molecule has 98 valence electrons. The largest absolute Gasteiger partial charge is 0.324 e. The molecule has 2 N–H and O–H groups in total. The molecule has 1 rings (SSSR count). The van der Waals surface area contributed by atoms with E-state index in [1.165, 1.54) is 50.5 Å². The van der Waals surface area contributed by atoms with E-state index in [2.05, 4.69) is 12.0 Å². The fourth-order valence-electron chi connectivity index (χ4n) is 2.12. The normalized spacial score (nSPS) is 12.9. The SMILES string of the molecule is CCCCCCCCCC(N)c1cnn(C)c1. The van der Waals surface area contributed by atoms with Crippen molar-refractivity contribution in [3.63, 3.8) is 0 Å². The van der Waals surface area contributed by atoms with Crippen LogP contribution in [0, 0.1) is 0 Å². The molecule has 0 radical (unpaired) electrons. The number of hydrogen-bond donors (Lipinski definition) is 1. The van der Waals surface area contributed by atoms with Gasteiger partial charge in [-0.05, 0) is 6.42 Å². The molecule has 0 amide bonds. The second kappa shape index (κ2) is 8.29. The van der Waals surface area contributed by atoms with Gasteiger partial charge < -0.3 is 5.73 Å². The summed E-state index contributed by atoms with van der Waals surface area (Å²) in [6, 6.07) is 0.166. The zero-order valence-corrected chi connectivity index (χ0v) is 11.4. The van der Waals surface area contributed by atoms with E-state index in [9.17, 15) is 0 Å². The van der Waals surface area contributed by atoms with Crippen molar-refractivity contribution in [1.29, 1.82) is 0 Å². The van der Waals surface area contributed by atoms with Crippen LogP contribution in [0.4, 0.5) is 0 Å². The summed E-state index contributed by atoms with van der Waals surface area (Å²) in [5.74, 6) is 0. The molecule has 0 fully saturated rings. The van der Waals surface area contributed by atoms with E-state index in [1.807, 2.05) is 24.1 Å². The maximum Gasteiger partial charge on any atom is 0.0537 e. The van der Waals surface area contributed by atoms with Crippen LogP contribution in [0.1, 0.15) is 69.9 Å². The molecule has 0 aliphatic rings. The van der Waals surface area contributed by atoms with Crippen molar-refractivity contribution < 1.29 is 0 Å². The van der Waals surface area contributed by atoms with E-state index in [4.69, 9.17) is 5.73 Å². The van der Waals surface area contributed by atoms with Gasteiger partial charge in [0.1, 0.15) is 0 Å². The van der Waals surface area contributed by atoms with Crippen LogP contribution in [-0.4, -0.2) is 9.78 Å². The molecule has 0 aliphatic heterocycles. The van der Waals surface area contributed by atoms with Gasteiger partial charge in [0.2, 0.25) is 0 Å². The van der Waals surface area contributed by atoms with E-state index in [1.54, 1.807) is 0 Å². The van der Waals surface area contributed by atoms with Crippen molar-refractivity contribution in [1.82, 2.24) is 9.78 Å². The highest BCUT2D eigenvalue weighted by atomic mass is 15.2. The number of aryl methyl sites for hydroxylation is 1. The van der Waals surface area contributed by atoms with Crippen LogP contribution >= 0.6 is 0 Å². The highest BCUT2D eigenvalue weighted by Crippen LogP contribution is 2.17. The summed E-state index contributed by atoms with van der Waals surface area (Å²) in [6.45, 7) is 2.26. The molecule has 1 aromatic rings. The molecule has 1 unspecified atom stereocenters. The number of hydrogen-bond acceptors (Lipinski definition) is 2. The monoisotopic (exact) mass is 237 g/mol. The van der Waals surface area contributed by atoms with Crippen molar-refractivity contribution in [2.75, 3.05) is 0 Å². The first-order chi connectivity index (χ1) is 8.24. The molecule has 3 nitrogen and oxygen atoms in total. The van der Waals surface area contributed by atoms with Crippen molar-refractivity contribution in [3.8, 4) is 0 Å². The summed E-state index contributed by atoms with van der Waals surface area (Å²) in [7, 11) is 1.93. The van der Waals surface area contributed by atoms with Gasteiger partial charge in [0.15, 0.2) is 0 Å². The molecule has 0 spiro atoms. The Kier molecular flexibility index (Phi) is 6.94. The molecule has 0 aromatic carbocycles. The minimum atomic E-state index is 0.166. The summed E-state index contributed by atoms with van der Waals surface area (Å²) in [5.41, 5.74) is 7.28. The quantitative estimate of drug-likeness (QED) is 0.667. The third-order valence-electron chi connectivity index (χ3n) is 3.27. The fourth-order valence-corrected chi connectivity index (χ4v) is 2.12. The number of nitrogens with zero attached hydrogens (tertiary/aromatic N) is 2. The average Bonchev–Trinajstić information content (AvgIpc) is 2.74. The molecule has 0 aliphatic carbocycles. The first kappa shape index (κ1) is 14.2. The summed E-state index contributed by atoms with van der Waals surface area (Å²) in [6.07, 6.45) is 14.4. The van der Waals surface area contributed by atoms with Gasteiger partial charge >= 0.3 is 0 Å². The number of aromatic nitrogens is 2. The summed E-state index contributed by atoms with van der Waals surface area (Å²) >= 11 is 0. The van der Waals surface area contributed by atoms with Gasteiger partial charge in [-0.3, -0.25) is 4.68 Å². The molecule has 3 heteroatoms. The zero-order chi connectivity index (χ0) is 12.5. The Hall–Kier alpha value is -0.830. The summed E-state index contributed by atoms with van der Waals surface area (Å²) in [4.78, 5) is 0. The van der Waals surface area contributed by atoms with Crippen LogP contribution in [0.3, 0.4) is 0 Å². The fraction of sp³-hybridized carbons (Fsp3) is 0.786. The molecule has 0 saturated carbocycles.